The molecular formula is C16H24O. The van der Waals surface area contributed by atoms with E-state index in [1.165, 1.54) is 18.4 Å². The molecule has 0 aliphatic rings. The van der Waals surface area contributed by atoms with Gasteiger partial charge in [-0.1, -0.05) is 49.2 Å². The molecule has 0 spiro atoms. The fourth-order valence-electron chi connectivity index (χ4n) is 1.97. The Balaban J connectivity index is 2.05. The maximum atomic E-state index is 9.85. The lowest BCUT2D eigenvalue weighted by Gasteiger charge is -2.10. The Morgan fingerprint density at radius 1 is 1.06 bits per heavy atom. The number of aliphatic hydroxyl groups excluding tert-OH is 1. The van der Waals surface area contributed by atoms with Gasteiger partial charge in [0.05, 0.1) is 6.10 Å². The fraction of sp³-hybridized carbons (Fsp3) is 0.500. The number of allylic oxidation sites excluding steroid dienone is 1. The second-order valence-corrected chi connectivity index (χ2v) is 4.60. The fourth-order valence-corrected chi connectivity index (χ4v) is 1.97. The molecule has 0 fully saturated rings. The molecule has 1 aromatic rings. The van der Waals surface area contributed by atoms with Crippen molar-refractivity contribution in [2.45, 2.75) is 51.0 Å². The largest absolute Gasteiger partial charge is 0.393 e. The molecule has 0 radical (unpaired) electrons. The second kappa shape index (κ2) is 9.00. The van der Waals surface area contributed by atoms with Crippen LogP contribution in [0.2, 0.25) is 0 Å². The Morgan fingerprint density at radius 2 is 1.82 bits per heavy atom. The molecule has 1 nitrogen and oxygen atoms in total. The predicted molar refractivity (Wildman–Crippen MR) is 74.1 cm³/mol. The van der Waals surface area contributed by atoms with Crippen LogP contribution in [-0.4, -0.2) is 11.2 Å². The van der Waals surface area contributed by atoms with Crippen LogP contribution in [0.3, 0.4) is 0 Å². The maximum Gasteiger partial charge on any atom is 0.0543 e. The average molecular weight is 232 g/mol. The maximum absolute atomic E-state index is 9.85. The first-order valence-corrected chi connectivity index (χ1v) is 6.66. The van der Waals surface area contributed by atoms with E-state index >= 15 is 0 Å². The predicted octanol–water partition coefficient (Wildman–Crippen LogP) is 4.12. The van der Waals surface area contributed by atoms with Crippen molar-refractivity contribution in [2.75, 3.05) is 0 Å². The standard InChI is InChI=1S/C16H24O/c1-2-3-4-5-9-12-16(17)14-13-15-10-7-6-8-11-15/h2,6-8,10-11,16-17H,1,3-5,9,12-14H2. The minimum Gasteiger partial charge on any atom is -0.393 e. The molecule has 0 saturated carbocycles. The first-order chi connectivity index (χ1) is 8.33. The van der Waals surface area contributed by atoms with Gasteiger partial charge in [0.2, 0.25) is 0 Å². The summed E-state index contributed by atoms with van der Waals surface area (Å²) in [6.07, 6.45) is 9.25. The summed E-state index contributed by atoms with van der Waals surface area (Å²) in [5.41, 5.74) is 1.32. The molecular weight excluding hydrogens is 208 g/mol. The van der Waals surface area contributed by atoms with Crippen molar-refractivity contribution in [3.05, 3.63) is 48.6 Å². The van der Waals surface area contributed by atoms with Gasteiger partial charge >= 0.3 is 0 Å². The van der Waals surface area contributed by atoms with Gasteiger partial charge < -0.3 is 5.11 Å². The molecule has 0 amide bonds. The van der Waals surface area contributed by atoms with Gasteiger partial charge in [-0.25, -0.2) is 0 Å². The van der Waals surface area contributed by atoms with Crippen molar-refractivity contribution in [2.24, 2.45) is 0 Å². The van der Waals surface area contributed by atoms with Crippen LogP contribution in [0.5, 0.6) is 0 Å². The minimum atomic E-state index is -0.140. The van der Waals surface area contributed by atoms with E-state index in [0.29, 0.717) is 0 Å². The van der Waals surface area contributed by atoms with E-state index in [1.54, 1.807) is 0 Å². The smallest absolute Gasteiger partial charge is 0.0543 e. The zero-order valence-electron chi connectivity index (χ0n) is 10.6. The summed E-state index contributed by atoms with van der Waals surface area (Å²) >= 11 is 0. The third-order valence-electron chi connectivity index (χ3n) is 3.05. The van der Waals surface area contributed by atoms with Gasteiger partial charge in [-0.2, -0.15) is 0 Å². The quantitative estimate of drug-likeness (QED) is 0.501. The summed E-state index contributed by atoms with van der Waals surface area (Å²) in [6.45, 7) is 3.71. The SMILES string of the molecule is C=CCCCCCC(O)CCc1ccccc1. The van der Waals surface area contributed by atoms with Crippen LogP contribution in [0, 0.1) is 0 Å². The molecule has 0 bridgehead atoms. The third-order valence-corrected chi connectivity index (χ3v) is 3.05. The lowest BCUT2D eigenvalue weighted by Crippen LogP contribution is -2.07. The molecule has 0 heterocycles. The van der Waals surface area contributed by atoms with Gasteiger partial charge in [-0.15, -0.1) is 6.58 Å². The monoisotopic (exact) mass is 232 g/mol. The van der Waals surface area contributed by atoms with Crippen LogP contribution in [-0.2, 0) is 6.42 Å². The number of hydrogen-bond acceptors (Lipinski definition) is 1. The molecule has 0 aliphatic carbocycles. The van der Waals surface area contributed by atoms with E-state index < -0.39 is 0 Å². The molecule has 0 saturated heterocycles. The van der Waals surface area contributed by atoms with E-state index in [2.05, 4.69) is 30.8 Å². The number of unbranched alkanes of at least 4 members (excludes halogenated alkanes) is 3. The van der Waals surface area contributed by atoms with Crippen LogP contribution in [0.25, 0.3) is 0 Å². The number of hydrogen-bond donors (Lipinski definition) is 1. The van der Waals surface area contributed by atoms with Crippen molar-refractivity contribution in [3.8, 4) is 0 Å². The lowest BCUT2D eigenvalue weighted by atomic mass is 10.0. The summed E-state index contributed by atoms with van der Waals surface area (Å²) < 4.78 is 0. The van der Waals surface area contributed by atoms with Crippen molar-refractivity contribution in [3.63, 3.8) is 0 Å². The van der Waals surface area contributed by atoms with Crippen LogP contribution in [0.4, 0.5) is 0 Å². The minimum absolute atomic E-state index is 0.140. The number of rotatable bonds is 9. The molecule has 0 aromatic heterocycles. The zero-order chi connectivity index (χ0) is 12.3. The van der Waals surface area contributed by atoms with E-state index in [4.69, 9.17) is 0 Å². The first kappa shape index (κ1) is 14.0. The molecule has 1 heteroatoms. The highest BCUT2D eigenvalue weighted by Gasteiger charge is 2.04. The Bertz CT molecular complexity index is 292. The Morgan fingerprint density at radius 3 is 2.53 bits per heavy atom. The van der Waals surface area contributed by atoms with Gasteiger partial charge in [-0.05, 0) is 37.7 Å². The highest BCUT2D eigenvalue weighted by atomic mass is 16.3. The highest BCUT2D eigenvalue weighted by molar-refractivity contribution is 5.14. The van der Waals surface area contributed by atoms with E-state index in [0.717, 1.165) is 32.1 Å². The van der Waals surface area contributed by atoms with Gasteiger partial charge in [0, 0.05) is 0 Å². The number of aliphatic hydroxyl groups is 1. The van der Waals surface area contributed by atoms with E-state index in [-0.39, 0.29) is 6.10 Å². The van der Waals surface area contributed by atoms with Crippen LogP contribution >= 0.6 is 0 Å². The summed E-state index contributed by atoms with van der Waals surface area (Å²) in [4.78, 5) is 0. The Kier molecular flexibility index (Phi) is 7.40. The van der Waals surface area contributed by atoms with Crippen molar-refractivity contribution < 1.29 is 5.11 Å². The van der Waals surface area contributed by atoms with Crippen molar-refractivity contribution >= 4 is 0 Å². The van der Waals surface area contributed by atoms with Gasteiger partial charge in [0.1, 0.15) is 0 Å². The van der Waals surface area contributed by atoms with Crippen LogP contribution in [0.15, 0.2) is 43.0 Å². The van der Waals surface area contributed by atoms with Crippen molar-refractivity contribution in [1.82, 2.24) is 0 Å². The molecule has 1 atom stereocenters. The topological polar surface area (TPSA) is 20.2 Å². The van der Waals surface area contributed by atoms with Gasteiger partial charge in [-0.3, -0.25) is 0 Å². The average Bonchev–Trinajstić information content (AvgIpc) is 2.37. The molecule has 1 unspecified atom stereocenters. The lowest BCUT2D eigenvalue weighted by molar-refractivity contribution is 0.151. The van der Waals surface area contributed by atoms with Crippen LogP contribution < -0.4 is 0 Å². The second-order valence-electron chi connectivity index (χ2n) is 4.60. The van der Waals surface area contributed by atoms with Gasteiger partial charge in [0.15, 0.2) is 0 Å². The third kappa shape index (κ3) is 6.96. The highest BCUT2D eigenvalue weighted by Crippen LogP contribution is 2.11. The first-order valence-electron chi connectivity index (χ1n) is 6.66. The van der Waals surface area contributed by atoms with Crippen LogP contribution in [0.1, 0.15) is 44.1 Å². The summed E-state index contributed by atoms with van der Waals surface area (Å²) in [7, 11) is 0. The van der Waals surface area contributed by atoms with Gasteiger partial charge in [0.25, 0.3) is 0 Å². The molecule has 17 heavy (non-hydrogen) atoms. The summed E-state index contributed by atoms with van der Waals surface area (Å²) in [5, 5.41) is 9.85. The summed E-state index contributed by atoms with van der Waals surface area (Å²) in [5.74, 6) is 0. The molecule has 1 aromatic carbocycles. The molecule has 0 aliphatic heterocycles. The Hall–Kier alpha value is -1.08. The zero-order valence-corrected chi connectivity index (χ0v) is 10.6. The van der Waals surface area contributed by atoms with Crippen molar-refractivity contribution in [1.29, 1.82) is 0 Å². The Labute approximate surface area is 105 Å². The molecule has 94 valence electrons. The molecule has 1 rings (SSSR count). The van der Waals surface area contributed by atoms with E-state index in [1.807, 2.05) is 12.1 Å². The molecule has 1 N–H and O–H groups in total. The number of benzene rings is 1. The van der Waals surface area contributed by atoms with E-state index in [9.17, 15) is 5.11 Å². The summed E-state index contributed by atoms with van der Waals surface area (Å²) in [6, 6.07) is 10.4. The normalized spacial score (nSPS) is 12.3. The number of aryl methyl sites for hydroxylation is 1.